The highest BCUT2D eigenvalue weighted by atomic mass is 16.7. The van der Waals surface area contributed by atoms with Gasteiger partial charge in [0.1, 0.15) is 0 Å². The molecule has 1 aromatic carbocycles. The van der Waals surface area contributed by atoms with Crippen LogP contribution in [0.1, 0.15) is 29.2 Å². The Labute approximate surface area is 103 Å². The molecule has 1 aromatic rings. The van der Waals surface area contributed by atoms with Crippen LogP contribution in [0.5, 0.6) is 0 Å². The first kappa shape index (κ1) is 12.6. The van der Waals surface area contributed by atoms with Gasteiger partial charge in [0.25, 0.3) is 0 Å². The lowest BCUT2D eigenvalue weighted by Crippen LogP contribution is -2.31. The molecular weight excluding hydrogens is 214 g/mol. The number of methoxy groups -OCH3 is 2. The van der Waals surface area contributed by atoms with Gasteiger partial charge < -0.3 is 14.8 Å². The Balaban J connectivity index is 1.99. The number of benzene rings is 1. The van der Waals surface area contributed by atoms with Gasteiger partial charge in [-0.05, 0) is 30.9 Å². The van der Waals surface area contributed by atoms with E-state index in [1.807, 2.05) is 0 Å². The molecule has 0 aromatic heterocycles. The van der Waals surface area contributed by atoms with Crippen molar-refractivity contribution in [2.45, 2.75) is 32.1 Å². The second-order valence-electron chi connectivity index (χ2n) is 4.60. The summed E-state index contributed by atoms with van der Waals surface area (Å²) in [4.78, 5) is 0. The summed E-state index contributed by atoms with van der Waals surface area (Å²) >= 11 is 0. The molecule has 94 valence electrons. The monoisotopic (exact) mass is 235 g/mol. The van der Waals surface area contributed by atoms with Crippen LogP contribution in [0, 0.1) is 6.92 Å². The minimum atomic E-state index is -0.163. The molecule has 0 saturated heterocycles. The highest BCUT2D eigenvalue weighted by Gasteiger charge is 2.22. The van der Waals surface area contributed by atoms with Crippen LogP contribution in [0.4, 0.5) is 0 Å². The lowest BCUT2D eigenvalue weighted by Gasteiger charge is -2.19. The average molecular weight is 235 g/mol. The Morgan fingerprint density at radius 1 is 1.35 bits per heavy atom. The van der Waals surface area contributed by atoms with E-state index in [1.165, 1.54) is 23.1 Å². The van der Waals surface area contributed by atoms with Crippen molar-refractivity contribution in [1.82, 2.24) is 5.32 Å². The number of rotatable bonds is 5. The van der Waals surface area contributed by atoms with Gasteiger partial charge in [-0.15, -0.1) is 0 Å². The molecule has 3 heteroatoms. The van der Waals surface area contributed by atoms with Gasteiger partial charge in [-0.2, -0.15) is 0 Å². The van der Waals surface area contributed by atoms with Crippen LogP contribution < -0.4 is 5.32 Å². The summed E-state index contributed by atoms with van der Waals surface area (Å²) in [5.41, 5.74) is 4.24. The largest absolute Gasteiger partial charge is 0.355 e. The van der Waals surface area contributed by atoms with E-state index in [1.54, 1.807) is 14.2 Å². The van der Waals surface area contributed by atoms with Crippen LogP contribution in [-0.4, -0.2) is 27.1 Å². The summed E-state index contributed by atoms with van der Waals surface area (Å²) < 4.78 is 10.4. The zero-order valence-corrected chi connectivity index (χ0v) is 10.8. The summed E-state index contributed by atoms with van der Waals surface area (Å²) in [5.74, 6) is 0. The predicted octanol–water partition coefficient (Wildman–Crippen LogP) is 2.19. The summed E-state index contributed by atoms with van der Waals surface area (Å²) in [5, 5.41) is 3.52. The lowest BCUT2D eigenvalue weighted by atomic mass is 10.1. The molecule has 0 spiro atoms. The number of nitrogens with one attached hydrogen (secondary N) is 1. The third-order valence-corrected chi connectivity index (χ3v) is 3.44. The SMILES string of the molecule is COC(CNC1CCc2ccc(C)cc21)OC. The zero-order chi connectivity index (χ0) is 12.3. The molecule has 0 bridgehead atoms. The third-order valence-electron chi connectivity index (χ3n) is 3.44. The molecule has 1 aliphatic carbocycles. The first-order valence-corrected chi connectivity index (χ1v) is 6.13. The molecule has 1 aliphatic rings. The predicted molar refractivity (Wildman–Crippen MR) is 68.0 cm³/mol. The van der Waals surface area contributed by atoms with Crippen LogP contribution in [0.15, 0.2) is 18.2 Å². The van der Waals surface area contributed by atoms with E-state index in [0.29, 0.717) is 6.04 Å². The van der Waals surface area contributed by atoms with E-state index in [9.17, 15) is 0 Å². The molecule has 0 aliphatic heterocycles. The van der Waals surface area contributed by atoms with E-state index in [2.05, 4.69) is 30.4 Å². The smallest absolute Gasteiger partial charge is 0.169 e. The summed E-state index contributed by atoms with van der Waals surface area (Å²) in [7, 11) is 3.34. The van der Waals surface area contributed by atoms with Crippen LogP contribution >= 0.6 is 0 Å². The average Bonchev–Trinajstić information content (AvgIpc) is 2.73. The number of fused-ring (bicyclic) bond motifs is 1. The Bertz CT molecular complexity index is 374. The highest BCUT2D eigenvalue weighted by Crippen LogP contribution is 2.31. The number of hydrogen-bond acceptors (Lipinski definition) is 3. The van der Waals surface area contributed by atoms with Crippen molar-refractivity contribution in [3.63, 3.8) is 0 Å². The molecule has 17 heavy (non-hydrogen) atoms. The van der Waals surface area contributed by atoms with E-state index in [4.69, 9.17) is 9.47 Å². The molecular formula is C14H21NO2. The lowest BCUT2D eigenvalue weighted by molar-refractivity contribution is -0.0999. The Morgan fingerprint density at radius 2 is 2.12 bits per heavy atom. The van der Waals surface area contributed by atoms with Crippen molar-refractivity contribution in [1.29, 1.82) is 0 Å². The van der Waals surface area contributed by atoms with Crippen molar-refractivity contribution >= 4 is 0 Å². The molecule has 0 fully saturated rings. The Hall–Kier alpha value is -0.900. The second kappa shape index (κ2) is 5.63. The molecule has 1 N–H and O–H groups in total. The highest BCUT2D eigenvalue weighted by molar-refractivity contribution is 5.37. The van der Waals surface area contributed by atoms with Crippen LogP contribution in [-0.2, 0) is 15.9 Å². The van der Waals surface area contributed by atoms with E-state index >= 15 is 0 Å². The number of ether oxygens (including phenoxy) is 2. The standard InChI is InChI=1S/C14H21NO2/c1-10-4-5-11-6-7-13(12(11)8-10)15-9-14(16-2)17-3/h4-5,8,13-15H,6-7,9H2,1-3H3. The minimum Gasteiger partial charge on any atom is -0.355 e. The Kier molecular flexibility index (Phi) is 4.15. The van der Waals surface area contributed by atoms with E-state index in [0.717, 1.165) is 13.0 Å². The van der Waals surface area contributed by atoms with E-state index in [-0.39, 0.29) is 6.29 Å². The molecule has 0 amide bonds. The molecule has 1 atom stereocenters. The minimum absolute atomic E-state index is 0.163. The van der Waals surface area contributed by atoms with Gasteiger partial charge in [0.2, 0.25) is 0 Å². The molecule has 0 heterocycles. The van der Waals surface area contributed by atoms with E-state index < -0.39 is 0 Å². The topological polar surface area (TPSA) is 30.5 Å². The molecule has 1 unspecified atom stereocenters. The Morgan fingerprint density at radius 3 is 2.82 bits per heavy atom. The van der Waals surface area contributed by atoms with Gasteiger partial charge in [-0.1, -0.05) is 23.8 Å². The van der Waals surface area contributed by atoms with Gasteiger partial charge >= 0.3 is 0 Å². The first-order chi connectivity index (χ1) is 8.24. The van der Waals surface area contributed by atoms with Crippen LogP contribution in [0.3, 0.4) is 0 Å². The first-order valence-electron chi connectivity index (χ1n) is 6.13. The van der Waals surface area contributed by atoms with Crippen LogP contribution in [0.2, 0.25) is 0 Å². The van der Waals surface area contributed by atoms with Gasteiger partial charge in [0.15, 0.2) is 6.29 Å². The molecule has 0 saturated carbocycles. The normalized spacial score (nSPS) is 18.7. The third kappa shape index (κ3) is 2.86. The van der Waals surface area contributed by atoms with Crippen molar-refractivity contribution < 1.29 is 9.47 Å². The fourth-order valence-electron chi connectivity index (χ4n) is 2.44. The van der Waals surface area contributed by atoms with Crippen molar-refractivity contribution in [2.24, 2.45) is 0 Å². The maximum atomic E-state index is 5.19. The molecule has 0 radical (unpaired) electrons. The van der Waals surface area contributed by atoms with Crippen molar-refractivity contribution in [3.05, 3.63) is 34.9 Å². The van der Waals surface area contributed by atoms with Crippen molar-refractivity contribution in [2.75, 3.05) is 20.8 Å². The van der Waals surface area contributed by atoms with Gasteiger partial charge in [0, 0.05) is 26.8 Å². The summed E-state index contributed by atoms with van der Waals surface area (Å²) in [6, 6.07) is 7.16. The molecule has 3 nitrogen and oxygen atoms in total. The molecule has 2 rings (SSSR count). The summed E-state index contributed by atoms with van der Waals surface area (Å²) in [6.07, 6.45) is 2.17. The zero-order valence-electron chi connectivity index (χ0n) is 10.8. The van der Waals surface area contributed by atoms with Crippen molar-refractivity contribution in [3.8, 4) is 0 Å². The number of hydrogen-bond donors (Lipinski definition) is 1. The summed E-state index contributed by atoms with van der Waals surface area (Å²) in [6.45, 7) is 2.87. The maximum Gasteiger partial charge on any atom is 0.169 e. The number of aryl methyl sites for hydroxylation is 2. The quantitative estimate of drug-likeness (QED) is 0.794. The fraction of sp³-hybridized carbons (Fsp3) is 0.571. The second-order valence-corrected chi connectivity index (χ2v) is 4.60. The van der Waals surface area contributed by atoms with Gasteiger partial charge in [-0.25, -0.2) is 0 Å². The maximum absolute atomic E-state index is 5.19. The van der Waals surface area contributed by atoms with Gasteiger partial charge in [0.05, 0.1) is 0 Å². The fourth-order valence-corrected chi connectivity index (χ4v) is 2.44. The van der Waals surface area contributed by atoms with Gasteiger partial charge in [-0.3, -0.25) is 0 Å². The van der Waals surface area contributed by atoms with Crippen LogP contribution in [0.25, 0.3) is 0 Å².